The summed E-state index contributed by atoms with van der Waals surface area (Å²) in [6.45, 7) is 0. The topological polar surface area (TPSA) is 337 Å². The van der Waals surface area contributed by atoms with E-state index < -0.39 is 90.7 Å². The summed E-state index contributed by atoms with van der Waals surface area (Å²) in [5.74, 6) is -18.4. The Morgan fingerprint density at radius 3 is 0.241 bits per heavy atom. The van der Waals surface area contributed by atoms with Gasteiger partial charge in [0.1, 0.15) is 0 Å². The van der Waals surface area contributed by atoms with E-state index in [2.05, 4.69) is 43.8 Å². The van der Waals surface area contributed by atoms with Crippen molar-refractivity contribution in [1.29, 1.82) is 22.9 Å². The van der Waals surface area contributed by atoms with Gasteiger partial charge in [-0.3, -0.25) is 24.0 Å². The molecule has 16 N–H and O–H groups in total. The fourth-order valence-corrected chi connectivity index (χ4v) is 0.804. The van der Waals surface area contributed by atoms with E-state index in [1.54, 1.807) is 0 Å². The highest BCUT2D eigenvalue weighted by atomic mass is 19.5. The predicted octanol–water partition coefficient (Wildman–Crippen LogP) is 1.80. The van der Waals surface area contributed by atoms with E-state index in [1.807, 2.05) is 0 Å². The van der Waals surface area contributed by atoms with Crippen molar-refractivity contribution in [3.05, 3.63) is 0 Å². The third-order valence-corrected chi connectivity index (χ3v) is 2.57. The van der Waals surface area contributed by atoms with Crippen LogP contribution in [-0.2, 0) is 24.0 Å². The molecule has 0 saturated heterocycles. The summed E-state index contributed by atoms with van der Waals surface area (Å²) in [5, 5.41) is 0. The van der Waals surface area contributed by atoms with Crippen LogP contribution < -0.4 is 0 Å². The lowest BCUT2D eigenvalue weighted by molar-refractivity contribution is -0.217. The summed E-state index contributed by atoms with van der Waals surface area (Å²) in [4.78, 5) is 46.2. The second kappa shape index (κ2) is 28.4. The highest BCUT2D eigenvalue weighted by Crippen LogP contribution is 2.31. The van der Waals surface area contributed by atoms with Gasteiger partial charge >= 0.3 is 90.7 Å². The summed E-state index contributed by atoms with van der Waals surface area (Å²) < 4.78 is 412. The number of carbonyl (C=O) groups excluding carboxylic acids is 5. The van der Waals surface area contributed by atoms with E-state index in [1.165, 1.54) is 0 Å². The van der Waals surface area contributed by atoms with Crippen molar-refractivity contribution in [3.63, 3.8) is 0 Å². The number of alkyl halides is 30. The Kier molecular flexibility index (Phi) is 22.8. The molecular formula is C15H16F30O13. The standard InChI is InChI=1S/5C3F6O.8H2O/c5*4-2(5,6)1(10)3(7,8)9;;;;;;;;/h;;;;;8*1H2/i/hD16. The van der Waals surface area contributed by atoms with Crippen LogP contribution in [0.1, 0.15) is 0 Å². The Hall–Kier alpha value is -4.07. The molecule has 0 saturated carbocycles. The number of hydrogen-bond acceptors (Lipinski definition) is 5. The monoisotopic (exact) mass is 990 g/mol. The van der Waals surface area contributed by atoms with E-state index >= 15 is 0 Å². The molecule has 0 bridgehead atoms. The first-order chi connectivity index (χ1) is 32.1. The molecule has 0 aliphatic carbocycles. The van der Waals surface area contributed by atoms with E-state index in [-0.39, 0.29) is 0 Å². The number of Topliss-reactive ketones (excluding diaryl/α,β-unsaturated/α-hetero) is 5. The Bertz CT molecular complexity index is 1010. The van der Waals surface area contributed by atoms with Gasteiger partial charge in [-0.15, -0.1) is 0 Å². The van der Waals surface area contributed by atoms with Crippen molar-refractivity contribution in [2.45, 2.75) is 61.8 Å². The minimum absolute atomic E-state index is 2.75. The highest BCUT2D eigenvalue weighted by molar-refractivity contribution is 5.90. The summed E-state index contributed by atoms with van der Waals surface area (Å²) in [6.07, 6.45) is -58.2. The largest absolute Gasteiger partial charge is 0.459 e. The zero-order valence-electron chi connectivity index (χ0n) is 40.1. The molecule has 0 aromatic heterocycles. The first kappa shape index (κ1) is 46.6. The van der Waals surface area contributed by atoms with Crippen LogP contribution in [0.15, 0.2) is 0 Å². The molecule has 43 heteroatoms. The van der Waals surface area contributed by atoms with Crippen LogP contribution in [-0.4, -0.2) is 157 Å². The fourth-order valence-electron chi connectivity index (χ4n) is 0.804. The van der Waals surface area contributed by atoms with Gasteiger partial charge in [0.15, 0.2) is 0 Å². The van der Waals surface area contributed by atoms with Gasteiger partial charge < -0.3 is 43.8 Å². The van der Waals surface area contributed by atoms with Gasteiger partial charge in [-0.1, -0.05) is 0 Å². The zero-order chi connectivity index (χ0) is 64.5. The Labute approximate surface area is 315 Å². The second-order valence-corrected chi connectivity index (χ2v) is 6.62. The zero-order valence-corrected chi connectivity index (χ0v) is 24.1. The molecule has 0 amide bonds. The smallest absolute Gasteiger partial charge is 0.412 e. The second-order valence-electron chi connectivity index (χ2n) is 6.62. The molecular weight excluding hydrogens is 958 g/mol. The molecule has 58 heavy (non-hydrogen) atoms. The van der Waals surface area contributed by atoms with Crippen LogP contribution in [0.2, 0.25) is 0 Å². The van der Waals surface area contributed by atoms with Gasteiger partial charge in [0.25, 0.3) is 0 Å². The Balaban J connectivity index is -0.0000000515. The van der Waals surface area contributed by atoms with E-state index in [0.717, 1.165) is 0 Å². The SMILES string of the molecule is O=C(C(F)(F)F)C(F)(F)F.O=C(C(F)(F)F)C(F)(F)F.O=C(C(F)(F)F)C(F)(F)F.O=C(C(F)(F)F)C(F)(F)F.O=C(C(F)(F)F)C(F)(F)F.[2H]O[2H].[2H]O[2H].[2H]O[2H].[2H]O[2H].[2H]O[2H].[2H]O[2H].[2H]O[2H].[2H]O[2H]. The molecule has 0 atom stereocenters. The van der Waals surface area contributed by atoms with Crippen LogP contribution in [0.25, 0.3) is 0 Å². The van der Waals surface area contributed by atoms with Crippen molar-refractivity contribution < 1.29 is 200 Å². The normalized spacial score (nSPS) is 14.3. The van der Waals surface area contributed by atoms with Gasteiger partial charge in [-0.25, -0.2) is 0 Å². The maximum Gasteiger partial charge on any atom is 0.459 e. The van der Waals surface area contributed by atoms with Crippen molar-refractivity contribution in [2.75, 3.05) is 0 Å². The van der Waals surface area contributed by atoms with Crippen LogP contribution in [0.3, 0.4) is 0 Å². The highest BCUT2D eigenvalue weighted by Gasteiger charge is 2.58. The van der Waals surface area contributed by atoms with Gasteiger partial charge in [0, 0.05) is 0 Å². The molecule has 0 unspecified atom stereocenters. The van der Waals surface area contributed by atoms with Crippen LogP contribution in [0.5, 0.6) is 0 Å². The first-order valence-corrected chi connectivity index (χ1v) is 9.19. The third kappa shape index (κ3) is 43.1. The lowest BCUT2D eigenvalue weighted by Crippen LogP contribution is -2.36. The first-order valence-electron chi connectivity index (χ1n) is 15.7. The Morgan fingerprint density at radius 1 is 0.207 bits per heavy atom. The summed E-state index contributed by atoms with van der Waals surface area (Å²) in [5.41, 5.74) is 22.0. The van der Waals surface area contributed by atoms with E-state index in [4.69, 9.17) is 22.9 Å². The van der Waals surface area contributed by atoms with Crippen LogP contribution in [0.4, 0.5) is 132 Å². The molecule has 13 nitrogen and oxygen atoms in total. The Morgan fingerprint density at radius 2 is 0.241 bits per heavy atom. The molecule has 0 heterocycles. The quantitative estimate of drug-likeness (QED) is 0.327. The van der Waals surface area contributed by atoms with E-state index in [0.29, 0.717) is 0 Å². The number of rotatable bonds is 0. The van der Waals surface area contributed by atoms with E-state index in [9.17, 15) is 156 Å². The lowest BCUT2D eigenvalue weighted by atomic mass is 10.4. The molecule has 0 aromatic carbocycles. The summed E-state index contributed by atoms with van der Waals surface area (Å²) in [7, 11) is 0. The average Bonchev–Trinajstić information content (AvgIpc) is 3.13. The molecule has 0 fully saturated rings. The maximum absolute atomic E-state index is 10.9. The molecule has 0 radical (unpaired) electrons. The van der Waals surface area contributed by atoms with Crippen molar-refractivity contribution in [1.82, 2.24) is 0 Å². The minimum atomic E-state index is -5.82. The lowest BCUT2D eigenvalue weighted by Gasteiger charge is -2.06. The van der Waals surface area contributed by atoms with Gasteiger partial charge in [-0.2, -0.15) is 132 Å². The van der Waals surface area contributed by atoms with Gasteiger partial charge in [0.2, 0.25) is 22.9 Å². The van der Waals surface area contributed by atoms with Gasteiger partial charge in [-0.05, 0) is 0 Å². The maximum atomic E-state index is 10.9. The molecule has 0 spiro atoms. The van der Waals surface area contributed by atoms with Crippen molar-refractivity contribution >= 4 is 28.9 Å². The van der Waals surface area contributed by atoms with Crippen LogP contribution in [0, 0.1) is 0 Å². The van der Waals surface area contributed by atoms with Crippen molar-refractivity contribution in [2.24, 2.45) is 0 Å². The molecule has 364 valence electrons. The predicted molar refractivity (Wildman–Crippen MR) is 114 cm³/mol. The molecule has 0 aromatic rings. The number of ketones is 5. The number of carbonyl (C=O) groups is 5. The summed E-state index contributed by atoms with van der Waals surface area (Å²) in [6, 6.07) is 0. The average molecular weight is 990 g/mol. The fraction of sp³-hybridized carbons (Fsp3) is 0.667. The van der Waals surface area contributed by atoms with Crippen LogP contribution >= 0.6 is 0 Å². The summed E-state index contributed by atoms with van der Waals surface area (Å²) >= 11 is 0. The number of hydrogen-bond donors (Lipinski definition) is 0. The minimum Gasteiger partial charge on any atom is -0.412 e. The molecule has 0 aliphatic heterocycles. The van der Waals surface area contributed by atoms with Gasteiger partial charge in [0.05, 0.1) is 0 Å². The third-order valence-electron chi connectivity index (χ3n) is 2.57. The number of halogens is 30. The molecule has 0 rings (SSSR count). The van der Waals surface area contributed by atoms with Crippen molar-refractivity contribution in [3.8, 4) is 0 Å². The molecule has 0 aliphatic rings.